The number of ketones is 3. The minimum Gasteiger partial charge on any atom is -0.451 e. The molecule has 4 rings (SSSR count). The molecule has 1 aliphatic rings. The lowest BCUT2D eigenvalue weighted by atomic mass is 9.83. The van der Waals surface area contributed by atoms with E-state index < -0.39 is 5.78 Å². The number of carbonyl (C=O) groups is 3. The Labute approximate surface area is 168 Å². The van der Waals surface area contributed by atoms with Crippen molar-refractivity contribution in [3.8, 4) is 11.3 Å². The van der Waals surface area contributed by atoms with Crippen LogP contribution in [0.5, 0.6) is 0 Å². The molecule has 1 heterocycles. The highest BCUT2D eigenvalue weighted by Gasteiger charge is 2.39. The molecule has 0 fully saturated rings. The Morgan fingerprint density at radius 2 is 1.41 bits per heavy atom. The summed E-state index contributed by atoms with van der Waals surface area (Å²) in [6, 6.07) is 14.4. The van der Waals surface area contributed by atoms with Gasteiger partial charge in [-0.15, -0.1) is 0 Å². The molecule has 4 heteroatoms. The van der Waals surface area contributed by atoms with E-state index in [0.717, 1.165) is 11.1 Å². The van der Waals surface area contributed by atoms with E-state index in [1.54, 1.807) is 44.2 Å². The largest absolute Gasteiger partial charge is 0.451 e. The van der Waals surface area contributed by atoms with Gasteiger partial charge in [0.2, 0.25) is 5.78 Å². The van der Waals surface area contributed by atoms with Crippen LogP contribution in [0.15, 0.2) is 64.1 Å². The lowest BCUT2D eigenvalue weighted by Crippen LogP contribution is -2.21. The third-order valence-electron chi connectivity index (χ3n) is 5.47. The van der Waals surface area contributed by atoms with Gasteiger partial charge >= 0.3 is 0 Å². The van der Waals surface area contributed by atoms with Crippen molar-refractivity contribution in [2.75, 3.05) is 0 Å². The number of allylic oxidation sites excluding steroid dienone is 2. The van der Waals surface area contributed by atoms with Crippen LogP contribution in [0, 0.1) is 13.8 Å². The first-order chi connectivity index (χ1) is 13.8. The van der Waals surface area contributed by atoms with Crippen molar-refractivity contribution in [2.24, 2.45) is 0 Å². The number of hydrogen-bond acceptors (Lipinski definition) is 4. The summed E-state index contributed by atoms with van der Waals surface area (Å²) < 4.78 is 6.01. The highest BCUT2D eigenvalue weighted by atomic mass is 16.4. The maximum Gasteiger partial charge on any atom is 0.229 e. The summed E-state index contributed by atoms with van der Waals surface area (Å²) in [5, 5.41) is 0. The standard InChI is InChI=1S/C25H20O4/c1-13-10-11-18(14(2)12-13)24-19-20(22(27)16(4)15(3)21(19)26)25(29-24)23(28)17-8-6-5-7-9-17/h5-12H,1-4H3. The number of hydrogen-bond donors (Lipinski definition) is 0. The van der Waals surface area contributed by atoms with Gasteiger partial charge in [-0.3, -0.25) is 14.4 Å². The minimum absolute atomic E-state index is 0.0712. The highest BCUT2D eigenvalue weighted by molar-refractivity contribution is 6.31. The van der Waals surface area contributed by atoms with E-state index in [-0.39, 0.29) is 34.2 Å². The van der Waals surface area contributed by atoms with Crippen LogP contribution in [0.25, 0.3) is 11.3 Å². The molecule has 144 valence electrons. The van der Waals surface area contributed by atoms with E-state index in [2.05, 4.69) is 0 Å². The Hall–Kier alpha value is -3.53. The van der Waals surface area contributed by atoms with Gasteiger partial charge in [-0.1, -0.05) is 54.1 Å². The van der Waals surface area contributed by atoms with Gasteiger partial charge in [0.1, 0.15) is 5.76 Å². The van der Waals surface area contributed by atoms with Crippen molar-refractivity contribution in [3.05, 3.63) is 93.3 Å². The second-order valence-electron chi connectivity index (χ2n) is 7.43. The third kappa shape index (κ3) is 2.88. The Balaban J connectivity index is 2.03. The number of rotatable bonds is 3. The van der Waals surface area contributed by atoms with Gasteiger partial charge in [0.25, 0.3) is 0 Å². The number of benzene rings is 2. The Morgan fingerprint density at radius 3 is 2.03 bits per heavy atom. The lowest BCUT2D eigenvalue weighted by molar-refractivity contribution is 0.0965. The molecule has 0 spiro atoms. The molecular formula is C25H20O4. The number of fused-ring (bicyclic) bond motifs is 1. The van der Waals surface area contributed by atoms with Gasteiger partial charge < -0.3 is 4.42 Å². The second-order valence-corrected chi connectivity index (χ2v) is 7.43. The summed E-state index contributed by atoms with van der Waals surface area (Å²) in [6.07, 6.45) is 0. The highest BCUT2D eigenvalue weighted by Crippen LogP contribution is 2.40. The number of aryl methyl sites for hydroxylation is 2. The molecule has 0 radical (unpaired) electrons. The van der Waals surface area contributed by atoms with Gasteiger partial charge in [0.15, 0.2) is 17.3 Å². The van der Waals surface area contributed by atoms with Gasteiger partial charge in [-0.25, -0.2) is 0 Å². The smallest absolute Gasteiger partial charge is 0.229 e. The number of carbonyl (C=O) groups excluding carboxylic acids is 3. The molecule has 29 heavy (non-hydrogen) atoms. The molecule has 0 N–H and O–H groups in total. The second kappa shape index (κ2) is 6.82. The summed E-state index contributed by atoms with van der Waals surface area (Å²) in [5.41, 5.74) is 4.07. The van der Waals surface area contributed by atoms with E-state index in [9.17, 15) is 14.4 Å². The van der Waals surface area contributed by atoms with Gasteiger partial charge in [-0.05, 0) is 33.3 Å². The maximum absolute atomic E-state index is 13.2. The summed E-state index contributed by atoms with van der Waals surface area (Å²) in [5.74, 6) is -0.821. The molecule has 0 saturated heterocycles. The molecule has 0 amide bonds. The van der Waals surface area contributed by atoms with Crippen molar-refractivity contribution < 1.29 is 18.8 Å². The minimum atomic E-state index is -0.411. The molecule has 2 aromatic carbocycles. The SMILES string of the molecule is CC1=C(C)C(=O)c2c(-c3ccc(C)cc3C)oc(C(=O)c3ccccc3)c2C1=O. The van der Waals surface area contributed by atoms with Crippen LogP contribution in [-0.4, -0.2) is 17.3 Å². The zero-order chi connectivity index (χ0) is 20.9. The molecule has 0 saturated carbocycles. The number of furan rings is 1. The van der Waals surface area contributed by atoms with Gasteiger partial charge in [-0.2, -0.15) is 0 Å². The van der Waals surface area contributed by atoms with Crippen LogP contribution in [0.2, 0.25) is 0 Å². The lowest BCUT2D eigenvalue weighted by Gasteiger charge is -2.14. The monoisotopic (exact) mass is 384 g/mol. The van der Waals surface area contributed by atoms with E-state index in [4.69, 9.17) is 4.42 Å². The fourth-order valence-electron chi connectivity index (χ4n) is 3.72. The summed E-state index contributed by atoms with van der Waals surface area (Å²) in [4.78, 5) is 39.4. The average Bonchev–Trinajstić information content (AvgIpc) is 3.11. The topological polar surface area (TPSA) is 64.3 Å². The predicted molar refractivity (Wildman–Crippen MR) is 111 cm³/mol. The van der Waals surface area contributed by atoms with Crippen molar-refractivity contribution in [3.63, 3.8) is 0 Å². The van der Waals surface area contributed by atoms with Crippen LogP contribution >= 0.6 is 0 Å². The molecular weight excluding hydrogens is 364 g/mol. The predicted octanol–water partition coefficient (Wildman–Crippen LogP) is 5.51. The van der Waals surface area contributed by atoms with Crippen molar-refractivity contribution in [2.45, 2.75) is 27.7 Å². The summed E-state index contributed by atoms with van der Waals surface area (Å²) in [6.45, 7) is 7.14. The van der Waals surface area contributed by atoms with Crippen LogP contribution in [0.1, 0.15) is 61.8 Å². The van der Waals surface area contributed by atoms with Crippen LogP contribution in [-0.2, 0) is 0 Å². The maximum atomic E-state index is 13.2. The van der Waals surface area contributed by atoms with E-state index >= 15 is 0 Å². The van der Waals surface area contributed by atoms with E-state index in [0.29, 0.717) is 22.3 Å². The first-order valence-corrected chi connectivity index (χ1v) is 9.42. The zero-order valence-electron chi connectivity index (χ0n) is 16.8. The Bertz CT molecular complexity index is 1220. The van der Waals surface area contributed by atoms with E-state index in [1.807, 2.05) is 32.0 Å². The summed E-state index contributed by atoms with van der Waals surface area (Å²) in [7, 11) is 0. The first kappa shape index (κ1) is 18.8. The molecule has 0 aliphatic heterocycles. The fourth-order valence-corrected chi connectivity index (χ4v) is 3.72. The molecule has 0 unspecified atom stereocenters. The molecule has 4 nitrogen and oxygen atoms in total. The summed E-state index contributed by atoms with van der Waals surface area (Å²) >= 11 is 0. The van der Waals surface area contributed by atoms with E-state index in [1.165, 1.54) is 0 Å². The van der Waals surface area contributed by atoms with Crippen LogP contribution in [0.4, 0.5) is 0 Å². The quantitative estimate of drug-likeness (QED) is 0.559. The molecule has 1 aliphatic carbocycles. The van der Waals surface area contributed by atoms with Crippen LogP contribution < -0.4 is 0 Å². The van der Waals surface area contributed by atoms with Gasteiger partial charge in [0.05, 0.1) is 11.1 Å². The van der Waals surface area contributed by atoms with Gasteiger partial charge in [0, 0.05) is 22.3 Å². The molecule has 0 atom stereocenters. The zero-order valence-corrected chi connectivity index (χ0v) is 16.8. The third-order valence-corrected chi connectivity index (χ3v) is 5.47. The number of Topliss-reactive ketones (excluding diaryl/α,β-unsaturated/α-hetero) is 2. The van der Waals surface area contributed by atoms with Crippen LogP contribution in [0.3, 0.4) is 0 Å². The van der Waals surface area contributed by atoms with Crippen molar-refractivity contribution in [1.82, 2.24) is 0 Å². The fraction of sp³-hybridized carbons (Fsp3) is 0.160. The first-order valence-electron chi connectivity index (χ1n) is 9.42. The van der Waals surface area contributed by atoms with Crippen molar-refractivity contribution in [1.29, 1.82) is 0 Å². The molecule has 0 bridgehead atoms. The average molecular weight is 384 g/mol. The Kier molecular flexibility index (Phi) is 4.42. The molecule has 3 aromatic rings. The normalized spacial score (nSPS) is 13.7. The van der Waals surface area contributed by atoms with Crippen molar-refractivity contribution >= 4 is 17.3 Å². The Morgan fingerprint density at radius 1 is 0.793 bits per heavy atom. The molecule has 1 aromatic heterocycles.